The highest BCUT2D eigenvalue weighted by Crippen LogP contribution is 2.20. The number of hydrogen-bond donors (Lipinski definition) is 3. The van der Waals surface area contributed by atoms with Crippen LogP contribution < -0.4 is 10.5 Å². The number of rotatable bonds is 8. The summed E-state index contributed by atoms with van der Waals surface area (Å²) in [7, 11) is -3.98. The van der Waals surface area contributed by atoms with Gasteiger partial charge in [-0.3, -0.25) is 5.10 Å². The summed E-state index contributed by atoms with van der Waals surface area (Å²) in [6.45, 7) is 7.59. The number of nitrogens with one attached hydrogen (secondary N) is 2. The Labute approximate surface area is 143 Å². The van der Waals surface area contributed by atoms with Gasteiger partial charge < -0.3 is 10.5 Å². The zero-order chi connectivity index (χ0) is 17.0. The van der Waals surface area contributed by atoms with Crippen LogP contribution in [0.15, 0.2) is 11.2 Å². The Kier molecular flexibility index (Phi) is 8.19. The van der Waals surface area contributed by atoms with E-state index < -0.39 is 21.5 Å². The first-order chi connectivity index (χ1) is 10.1. The zero-order valence-corrected chi connectivity index (χ0v) is 15.4. The van der Waals surface area contributed by atoms with Gasteiger partial charge in [0.25, 0.3) is 10.0 Å². The van der Waals surface area contributed by atoms with Gasteiger partial charge >= 0.3 is 5.97 Å². The second-order valence-electron chi connectivity index (χ2n) is 5.80. The third kappa shape index (κ3) is 5.76. The number of hydrogen-bond acceptors (Lipinski definition) is 6. The van der Waals surface area contributed by atoms with E-state index in [9.17, 15) is 13.2 Å². The van der Waals surface area contributed by atoms with Crippen molar-refractivity contribution in [2.24, 2.45) is 11.7 Å². The van der Waals surface area contributed by atoms with E-state index in [2.05, 4.69) is 14.9 Å². The smallest absolute Gasteiger partial charge is 0.342 e. The van der Waals surface area contributed by atoms with E-state index in [4.69, 9.17) is 10.5 Å². The highest BCUT2D eigenvalue weighted by molar-refractivity contribution is 7.89. The number of carbonyl (C=O) groups is 1. The Morgan fingerprint density at radius 1 is 1.52 bits per heavy atom. The molecule has 4 N–H and O–H groups in total. The van der Waals surface area contributed by atoms with Crippen LogP contribution in [0.2, 0.25) is 0 Å². The standard InChI is InChI=1S/C13H24N4O4S.ClH/c1-5-21-12(18)10-7-15-16-11(10)22(19,20)17-13(4,8-14)6-9(2)3;/h7,9,17H,5-6,8,14H2,1-4H3,(H,15,16);1H. The van der Waals surface area contributed by atoms with Crippen molar-refractivity contribution in [3.63, 3.8) is 0 Å². The van der Waals surface area contributed by atoms with Crippen LogP contribution in [0.25, 0.3) is 0 Å². The Hall–Kier alpha value is -1.16. The third-order valence-electron chi connectivity index (χ3n) is 3.06. The minimum atomic E-state index is -3.98. The second-order valence-corrected chi connectivity index (χ2v) is 7.42. The van der Waals surface area contributed by atoms with E-state index in [0.717, 1.165) is 6.20 Å². The average molecular weight is 369 g/mol. The van der Waals surface area contributed by atoms with E-state index in [0.29, 0.717) is 6.42 Å². The summed E-state index contributed by atoms with van der Waals surface area (Å²) in [5.41, 5.74) is 4.78. The lowest BCUT2D eigenvalue weighted by Gasteiger charge is -2.30. The lowest BCUT2D eigenvalue weighted by Crippen LogP contribution is -2.52. The highest BCUT2D eigenvalue weighted by atomic mass is 35.5. The summed E-state index contributed by atoms with van der Waals surface area (Å²) in [6.07, 6.45) is 1.69. The number of carbonyl (C=O) groups excluding carboxylic acids is 1. The van der Waals surface area contributed by atoms with Crippen molar-refractivity contribution in [3.05, 3.63) is 11.8 Å². The van der Waals surface area contributed by atoms with Crippen molar-refractivity contribution in [1.82, 2.24) is 14.9 Å². The summed E-state index contributed by atoms with van der Waals surface area (Å²) in [5, 5.41) is 5.66. The molecular weight excluding hydrogens is 344 g/mol. The Morgan fingerprint density at radius 2 is 2.13 bits per heavy atom. The molecule has 1 atom stereocenters. The van der Waals surface area contributed by atoms with Crippen LogP contribution in [0.3, 0.4) is 0 Å². The molecule has 0 spiro atoms. The van der Waals surface area contributed by atoms with Gasteiger partial charge in [0.15, 0.2) is 5.03 Å². The first kappa shape index (κ1) is 21.8. The number of aromatic nitrogens is 2. The predicted molar refractivity (Wildman–Crippen MR) is 89.0 cm³/mol. The molecule has 0 saturated carbocycles. The number of nitrogens with zero attached hydrogens (tertiary/aromatic N) is 1. The molecule has 23 heavy (non-hydrogen) atoms. The molecule has 0 bridgehead atoms. The number of H-pyrrole nitrogens is 1. The quantitative estimate of drug-likeness (QED) is 0.588. The number of halogens is 1. The van der Waals surface area contributed by atoms with Crippen LogP contribution >= 0.6 is 12.4 Å². The van der Waals surface area contributed by atoms with Crippen LogP contribution in [-0.2, 0) is 14.8 Å². The van der Waals surface area contributed by atoms with Gasteiger partial charge in [0.2, 0.25) is 0 Å². The molecule has 1 heterocycles. The van der Waals surface area contributed by atoms with Crippen LogP contribution in [0.5, 0.6) is 0 Å². The Bertz CT molecular complexity index is 617. The molecule has 0 radical (unpaired) electrons. The van der Waals surface area contributed by atoms with E-state index in [1.165, 1.54) is 0 Å². The minimum Gasteiger partial charge on any atom is -0.462 e. The summed E-state index contributed by atoms with van der Waals surface area (Å²) in [6, 6.07) is 0. The summed E-state index contributed by atoms with van der Waals surface area (Å²) < 4.78 is 32.5. The molecule has 1 aromatic rings. The number of ether oxygens (including phenoxy) is 1. The molecule has 10 heteroatoms. The van der Waals surface area contributed by atoms with Gasteiger partial charge in [0.1, 0.15) is 5.56 Å². The monoisotopic (exact) mass is 368 g/mol. The molecule has 1 aromatic heterocycles. The van der Waals surface area contributed by atoms with Crippen molar-refractivity contribution in [3.8, 4) is 0 Å². The minimum absolute atomic E-state index is 0. The maximum atomic E-state index is 12.5. The second kappa shape index (κ2) is 8.62. The van der Waals surface area contributed by atoms with Crippen molar-refractivity contribution < 1.29 is 17.9 Å². The molecule has 1 rings (SSSR count). The average Bonchev–Trinajstić information content (AvgIpc) is 2.87. The Morgan fingerprint density at radius 3 is 2.61 bits per heavy atom. The van der Waals surface area contributed by atoms with Gasteiger partial charge in [-0.05, 0) is 26.2 Å². The molecular formula is C13H25ClN4O4S. The van der Waals surface area contributed by atoms with Crippen LogP contribution in [0, 0.1) is 5.92 Å². The maximum Gasteiger partial charge on any atom is 0.342 e. The molecule has 0 fully saturated rings. The fourth-order valence-electron chi connectivity index (χ4n) is 2.28. The third-order valence-corrected chi connectivity index (χ3v) is 4.67. The van der Waals surface area contributed by atoms with E-state index in [-0.39, 0.29) is 42.1 Å². The number of aromatic amines is 1. The van der Waals surface area contributed by atoms with Crippen molar-refractivity contribution in [1.29, 1.82) is 0 Å². The van der Waals surface area contributed by atoms with Crippen LogP contribution in [0.4, 0.5) is 0 Å². The SMILES string of the molecule is CCOC(=O)c1cn[nH]c1S(=O)(=O)NC(C)(CN)CC(C)C.Cl. The van der Waals surface area contributed by atoms with Crippen molar-refractivity contribution in [2.45, 2.75) is 44.7 Å². The molecule has 1 unspecified atom stereocenters. The zero-order valence-electron chi connectivity index (χ0n) is 13.8. The lowest BCUT2D eigenvalue weighted by molar-refractivity contribution is 0.0521. The van der Waals surface area contributed by atoms with Gasteiger partial charge in [-0.15, -0.1) is 12.4 Å². The molecule has 8 nitrogen and oxygen atoms in total. The molecule has 0 aliphatic carbocycles. The van der Waals surface area contributed by atoms with Gasteiger partial charge in [-0.1, -0.05) is 13.8 Å². The molecule has 134 valence electrons. The van der Waals surface area contributed by atoms with Gasteiger partial charge in [-0.25, -0.2) is 17.9 Å². The van der Waals surface area contributed by atoms with Crippen LogP contribution in [-0.4, -0.2) is 43.3 Å². The fourth-order valence-corrected chi connectivity index (χ4v) is 3.79. The van der Waals surface area contributed by atoms with Crippen LogP contribution in [0.1, 0.15) is 44.5 Å². The largest absolute Gasteiger partial charge is 0.462 e. The highest BCUT2D eigenvalue weighted by Gasteiger charge is 2.34. The molecule has 0 aliphatic heterocycles. The number of esters is 1. The van der Waals surface area contributed by atoms with Crippen molar-refractivity contribution in [2.75, 3.05) is 13.2 Å². The Balaban J connectivity index is 0.00000484. The molecule has 0 aliphatic rings. The summed E-state index contributed by atoms with van der Waals surface area (Å²) >= 11 is 0. The summed E-state index contributed by atoms with van der Waals surface area (Å²) in [4.78, 5) is 11.8. The topological polar surface area (TPSA) is 127 Å². The summed E-state index contributed by atoms with van der Waals surface area (Å²) in [5.74, 6) is -0.488. The molecule has 0 aromatic carbocycles. The van der Waals surface area contributed by atoms with Gasteiger partial charge in [0.05, 0.1) is 12.8 Å². The molecule has 0 amide bonds. The maximum absolute atomic E-state index is 12.5. The first-order valence-electron chi connectivity index (χ1n) is 7.09. The van der Waals surface area contributed by atoms with E-state index >= 15 is 0 Å². The van der Waals surface area contributed by atoms with E-state index in [1.807, 2.05) is 13.8 Å². The number of sulfonamides is 1. The van der Waals surface area contributed by atoms with Gasteiger partial charge in [0, 0.05) is 12.1 Å². The predicted octanol–water partition coefficient (Wildman–Crippen LogP) is 1.05. The van der Waals surface area contributed by atoms with E-state index in [1.54, 1.807) is 13.8 Å². The first-order valence-corrected chi connectivity index (χ1v) is 8.58. The van der Waals surface area contributed by atoms with Gasteiger partial charge in [-0.2, -0.15) is 5.10 Å². The normalized spacial score (nSPS) is 14.2. The number of nitrogens with two attached hydrogens (primary N) is 1. The fraction of sp³-hybridized carbons (Fsp3) is 0.692. The molecule has 0 saturated heterocycles. The van der Waals surface area contributed by atoms with Crippen molar-refractivity contribution >= 4 is 28.4 Å². The lowest BCUT2D eigenvalue weighted by atomic mass is 9.92.